The van der Waals surface area contributed by atoms with E-state index in [1.54, 1.807) is 38.1 Å². The molecule has 0 saturated carbocycles. The standard InChI is InChI=1S/C28H29F2N3O7S2/c1-19-3-8-23(9-4-19)41(35,36)39-16-21(17-40-42(37,38)24-10-5-20(2)6-11-24)14-28(34,15-27-31-18-32-33-27)25-12-7-22(29)13-26(25)30/h3-13,18,21,34H,14-17H2,1-2H3,(H,31,32,33)/t28-/m0/s1. The summed E-state index contributed by atoms with van der Waals surface area (Å²) in [7, 11) is -8.61. The predicted octanol–water partition coefficient (Wildman–Crippen LogP) is 3.95. The molecule has 1 heterocycles. The minimum absolute atomic E-state index is 0.137. The van der Waals surface area contributed by atoms with Crippen molar-refractivity contribution < 1.29 is 39.1 Å². The van der Waals surface area contributed by atoms with E-state index in [-0.39, 0.29) is 27.6 Å². The number of nitrogens with zero attached hydrogens (tertiary/aromatic N) is 2. The molecule has 10 nitrogen and oxygen atoms in total. The lowest BCUT2D eigenvalue weighted by atomic mass is 9.82. The van der Waals surface area contributed by atoms with Crippen LogP contribution in [0.25, 0.3) is 0 Å². The number of rotatable bonds is 13. The molecular formula is C28H29F2N3O7S2. The van der Waals surface area contributed by atoms with Crippen molar-refractivity contribution in [2.75, 3.05) is 13.2 Å². The molecule has 0 unspecified atom stereocenters. The van der Waals surface area contributed by atoms with Gasteiger partial charge in [0.15, 0.2) is 0 Å². The molecule has 0 saturated heterocycles. The van der Waals surface area contributed by atoms with Crippen molar-refractivity contribution in [3.05, 3.63) is 107 Å². The van der Waals surface area contributed by atoms with E-state index in [1.807, 2.05) is 0 Å². The first-order chi connectivity index (χ1) is 19.8. The fourth-order valence-corrected chi connectivity index (χ4v) is 6.25. The maximum atomic E-state index is 15.0. The molecule has 3 aromatic carbocycles. The van der Waals surface area contributed by atoms with E-state index >= 15 is 0 Å². The second-order valence-corrected chi connectivity index (χ2v) is 13.2. The van der Waals surface area contributed by atoms with Gasteiger partial charge in [-0.15, -0.1) is 0 Å². The van der Waals surface area contributed by atoms with E-state index in [4.69, 9.17) is 8.37 Å². The number of hydrogen-bond donors (Lipinski definition) is 2. The molecule has 0 aliphatic rings. The average molecular weight is 622 g/mol. The molecule has 4 aromatic rings. The molecule has 14 heteroatoms. The van der Waals surface area contributed by atoms with Gasteiger partial charge in [-0.05, 0) is 50.6 Å². The van der Waals surface area contributed by atoms with Gasteiger partial charge in [0.05, 0.1) is 28.6 Å². The first-order valence-electron chi connectivity index (χ1n) is 12.7. The molecule has 0 aliphatic heterocycles. The number of benzene rings is 3. The maximum absolute atomic E-state index is 15.0. The molecule has 42 heavy (non-hydrogen) atoms. The fraction of sp³-hybridized carbons (Fsp3) is 0.286. The largest absolute Gasteiger partial charge is 0.385 e. The van der Waals surface area contributed by atoms with Gasteiger partial charge in [0.2, 0.25) is 0 Å². The lowest BCUT2D eigenvalue weighted by Crippen LogP contribution is -2.36. The fourth-order valence-electron chi connectivity index (χ4n) is 4.30. The highest BCUT2D eigenvalue weighted by Gasteiger charge is 2.38. The number of aliphatic hydroxyl groups is 1. The zero-order valence-electron chi connectivity index (χ0n) is 22.7. The Labute approximate surface area is 242 Å². The SMILES string of the molecule is Cc1ccc(S(=O)(=O)OCC(COS(=O)(=O)c2ccc(C)cc2)C[C@](O)(Cc2ncn[nH]2)c2ccc(F)cc2F)cc1. The number of aromatic nitrogens is 3. The van der Waals surface area contributed by atoms with Crippen LogP contribution in [0.15, 0.2) is 82.8 Å². The molecule has 0 fully saturated rings. The Bertz CT molecular complexity index is 1640. The third-order valence-electron chi connectivity index (χ3n) is 6.52. The molecule has 0 spiro atoms. The highest BCUT2D eigenvalue weighted by atomic mass is 32.2. The average Bonchev–Trinajstić information content (AvgIpc) is 3.43. The van der Waals surface area contributed by atoms with Crippen molar-refractivity contribution in [2.24, 2.45) is 5.92 Å². The van der Waals surface area contributed by atoms with Crippen LogP contribution in [0.2, 0.25) is 0 Å². The van der Waals surface area contributed by atoms with Crippen molar-refractivity contribution in [3.63, 3.8) is 0 Å². The topological polar surface area (TPSA) is 149 Å². The molecule has 224 valence electrons. The lowest BCUT2D eigenvalue weighted by molar-refractivity contribution is -0.00816. The number of aryl methyl sites for hydroxylation is 2. The molecule has 0 bridgehead atoms. The smallest absolute Gasteiger partial charge is 0.296 e. The third kappa shape index (κ3) is 7.83. The molecule has 0 radical (unpaired) electrons. The number of H-pyrrole nitrogens is 1. The second kappa shape index (κ2) is 12.8. The number of halogens is 2. The minimum atomic E-state index is -4.31. The third-order valence-corrected chi connectivity index (χ3v) is 9.11. The summed E-state index contributed by atoms with van der Waals surface area (Å²) >= 11 is 0. The Morgan fingerprint density at radius 1 is 0.857 bits per heavy atom. The van der Waals surface area contributed by atoms with Crippen molar-refractivity contribution in [1.82, 2.24) is 15.2 Å². The van der Waals surface area contributed by atoms with Gasteiger partial charge in [0.25, 0.3) is 20.2 Å². The Hall–Kier alpha value is -3.56. The summed E-state index contributed by atoms with van der Waals surface area (Å²) in [5, 5.41) is 18.1. The first-order valence-corrected chi connectivity index (χ1v) is 15.5. The highest BCUT2D eigenvalue weighted by Crippen LogP contribution is 2.35. The van der Waals surface area contributed by atoms with Crippen LogP contribution in [-0.2, 0) is 40.6 Å². The van der Waals surface area contributed by atoms with Crippen LogP contribution in [0.4, 0.5) is 8.78 Å². The van der Waals surface area contributed by atoms with E-state index in [0.717, 1.165) is 23.3 Å². The zero-order chi connectivity index (χ0) is 30.5. The summed E-state index contributed by atoms with van der Waals surface area (Å²) in [6.07, 6.45) is 0.341. The first kappa shape index (κ1) is 31.4. The summed E-state index contributed by atoms with van der Waals surface area (Å²) in [6.45, 7) is 2.29. The van der Waals surface area contributed by atoms with Gasteiger partial charge in [-0.25, -0.2) is 13.8 Å². The minimum Gasteiger partial charge on any atom is -0.385 e. The van der Waals surface area contributed by atoms with Gasteiger partial charge in [-0.2, -0.15) is 21.9 Å². The van der Waals surface area contributed by atoms with E-state index in [9.17, 15) is 30.7 Å². The summed E-state index contributed by atoms with van der Waals surface area (Å²) < 4.78 is 90.9. The Morgan fingerprint density at radius 3 is 1.83 bits per heavy atom. The van der Waals surface area contributed by atoms with E-state index in [0.29, 0.717) is 6.07 Å². The summed E-state index contributed by atoms with van der Waals surface area (Å²) in [4.78, 5) is 3.69. The molecule has 1 aromatic heterocycles. The molecule has 0 amide bonds. The Kier molecular flexibility index (Phi) is 9.53. The number of hydrogen-bond acceptors (Lipinski definition) is 9. The van der Waals surface area contributed by atoms with Crippen LogP contribution in [0.1, 0.15) is 28.9 Å². The zero-order valence-corrected chi connectivity index (χ0v) is 24.3. The molecule has 4 rings (SSSR count). The van der Waals surface area contributed by atoms with Crippen molar-refractivity contribution in [2.45, 2.75) is 42.1 Å². The van der Waals surface area contributed by atoms with Crippen molar-refractivity contribution in [3.8, 4) is 0 Å². The normalized spacial score (nSPS) is 13.8. The van der Waals surface area contributed by atoms with Crippen molar-refractivity contribution in [1.29, 1.82) is 0 Å². The van der Waals surface area contributed by atoms with Gasteiger partial charge in [0.1, 0.15) is 23.8 Å². The number of aromatic amines is 1. The molecule has 2 N–H and O–H groups in total. The molecular weight excluding hydrogens is 592 g/mol. The van der Waals surface area contributed by atoms with E-state index in [1.165, 1.54) is 30.6 Å². The van der Waals surface area contributed by atoms with Crippen LogP contribution >= 0.6 is 0 Å². The summed E-state index contributed by atoms with van der Waals surface area (Å²) in [5.41, 5.74) is -0.829. The van der Waals surface area contributed by atoms with Crippen molar-refractivity contribution >= 4 is 20.2 Å². The van der Waals surface area contributed by atoms with Crippen LogP contribution in [0.3, 0.4) is 0 Å². The molecule has 0 aliphatic carbocycles. The van der Waals surface area contributed by atoms with E-state index in [2.05, 4.69) is 15.2 Å². The Balaban J connectivity index is 1.66. The van der Waals surface area contributed by atoms with Gasteiger partial charge >= 0.3 is 0 Å². The number of nitrogens with one attached hydrogen (secondary N) is 1. The van der Waals surface area contributed by atoms with Gasteiger partial charge < -0.3 is 5.11 Å². The lowest BCUT2D eigenvalue weighted by Gasteiger charge is -2.32. The van der Waals surface area contributed by atoms with Crippen LogP contribution in [-0.4, -0.2) is 50.3 Å². The summed E-state index contributed by atoms with van der Waals surface area (Å²) in [6, 6.07) is 14.3. The van der Waals surface area contributed by atoms with Crippen LogP contribution in [0, 0.1) is 31.4 Å². The predicted molar refractivity (Wildman–Crippen MR) is 147 cm³/mol. The maximum Gasteiger partial charge on any atom is 0.296 e. The van der Waals surface area contributed by atoms with Gasteiger partial charge in [0, 0.05) is 24.0 Å². The quantitative estimate of drug-likeness (QED) is 0.212. The van der Waals surface area contributed by atoms with Crippen LogP contribution < -0.4 is 0 Å². The second-order valence-electron chi connectivity index (χ2n) is 9.94. The van der Waals surface area contributed by atoms with E-state index < -0.39 is 63.0 Å². The van der Waals surface area contributed by atoms with Gasteiger partial charge in [-0.1, -0.05) is 41.5 Å². The van der Waals surface area contributed by atoms with Gasteiger partial charge in [-0.3, -0.25) is 13.5 Å². The monoisotopic (exact) mass is 621 g/mol. The van der Waals surface area contributed by atoms with Crippen LogP contribution in [0.5, 0.6) is 0 Å². The Morgan fingerprint density at radius 2 is 1.38 bits per heavy atom. The molecule has 1 atom stereocenters. The summed E-state index contributed by atoms with van der Waals surface area (Å²) in [5.74, 6) is -2.95. The highest BCUT2D eigenvalue weighted by molar-refractivity contribution is 7.87.